The highest BCUT2D eigenvalue weighted by Crippen LogP contribution is 2.08. The van der Waals surface area contributed by atoms with E-state index in [1.165, 1.54) is 6.42 Å². The molecular formula is C7H10N4. The molecule has 11 heavy (non-hydrogen) atoms. The lowest BCUT2D eigenvalue weighted by atomic mass is 10.4. The molecular weight excluding hydrogens is 140 g/mol. The van der Waals surface area contributed by atoms with Crippen molar-refractivity contribution in [3.63, 3.8) is 0 Å². The van der Waals surface area contributed by atoms with Crippen molar-refractivity contribution in [3.05, 3.63) is 18.3 Å². The maximum absolute atomic E-state index is 3.97. The summed E-state index contributed by atoms with van der Waals surface area (Å²) in [6, 6.07) is 3.84. The lowest BCUT2D eigenvalue weighted by molar-refractivity contribution is 0.761. The highest BCUT2D eigenvalue weighted by molar-refractivity contribution is 5.35. The molecule has 0 aromatic carbocycles. The number of hydrogen-bond donors (Lipinski definition) is 1. The topological polar surface area (TPSA) is 41.1 Å². The van der Waals surface area contributed by atoms with Crippen LogP contribution in [0.5, 0.6) is 0 Å². The molecule has 1 aromatic rings. The average Bonchev–Trinajstić information content (AvgIpc) is 2.58. The second kappa shape index (κ2) is 2.84. The number of anilines is 1. The molecule has 2 rings (SSSR count). The fourth-order valence-electron chi connectivity index (χ4n) is 1.16. The van der Waals surface area contributed by atoms with E-state index >= 15 is 0 Å². The van der Waals surface area contributed by atoms with E-state index in [9.17, 15) is 0 Å². The van der Waals surface area contributed by atoms with E-state index in [4.69, 9.17) is 0 Å². The fourth-order valence-corrected chi connectivity index (χ4v) is 1.16. The largest absolute Gasteiger partial charge is 0.291 e. The fraction of sp³-hybridized carbons (Fsp3) is 0.429. The molecule has 1 aliphatic rings. The number of aromatic nitrogens is 2. The number of hydrogen-bond acceptors (Lipinski definition) is 4. The summed E-state index contributed by atoms with van der Waals surface area (Å²) < 4.78 is 0. The SMILES string of the molecule is c1cnnc(N2CCCN2)c1. The number of nitrogens with zero attached hydrogens (tertiary/aromatic N) is 3. The summed E-state index contributed by atoms with van der Waals surface area (Å²) in [5, 5.41) is 9.79. The zero-order valence-corrected chi connectivity index (χ0v) is 6.20. The molecule has 58 valence electrons. The van der Waals surface area contributed by atoms with Gasteiger partial charge in [-0.2, -0.15) is 5.10 Å². The summed E-state index contributed by atoms with van der Waals surface area (Å²) in [6.45, 7) is 2.06. The molecule has 0 unspecified atom stereocenters. The van der Waals surface area contributed by atoms with E-state index in [0.29, 0.717) is 0 Å². The third kappa shape index (κ3) is 1.30. The van der Waals surface area contributed by atoms with Crippen molar-refractivity contribution in [3.8, 4) is 0 Å². The summed E-state index contributed by atoms with van der Waals surface area (Å²) in [5.74, 6) is 0.907. The maximum atomic E-state index is 3.97. The Morgan fingerprint density at radius 1 is 1.55 bits per heavy atom. The lowest BCUT2D eigenvalue weighted by Crippen LogP contribution is -2.31. The van der Waals surface area contributed by atoms with Crippen LogP contribution in [0.1, 0.15) is 6.42 Å². The van der Waals surface area contributed by atoms with E-state index in [-0.39, 0.29) is 0 Å². The van der Waals surface area contributed by atoms with E-state index < -0.39 is 0 Å². The van der Waals surface area contributed by atoms with Gasteiger partial charge in [0.25, 0.3) is 0 Å². The van der Waals surface area contributed by atoms with E-state index in [1.54, 1.807) is 6.20 Å². The third-order valence-electron chi connectivity index (χ3n) is 1.70. The van der Waals surface area contributed by atoms with Crippen molar-refractivity contribution < 1.29 is 0 Å². The van der Waals surface area contributed by atoms with Crippen molar-refractivity contribution >= 4 is 5.82 Å². The van der Waals surface area contributed by atoms with Crippen LogP contribution in [0.4, 0.5) is 5.82 Å². The molecule has 0 spiro atoms. The molecule has 0 saturated carbocycles. The van der Waals surface area contributed by atoms with Crippen LogP contribution in [0, 0.1) is 0 Å². The molecule has 0 aliphatic carbocycles. The Labute approximate surface area is 65.2 Å². The minimum Gasteiger partial charge on any atom is -0.291 e. The molecule has 0 atom stereocenters. The Balaban J connectivity index is 2.16. The first-order valence-corrected chi connectivity index (χ1v) is 3.75. The average molecular weight is 150 g/mol. The van der Waals surface area contributed by atoms with Crippen molar-refractivity contribution in [2.24, 2.45) is 0 Å². The molecule has 0 bridgehead atoms. The van der Waals surface area contributed by atoms with Gasteiger partial charge in [-0.05, 0) is 18.6 Å². The van der Waals surface area contributed by atoms with Gasteiger partial charge < -0.3 is 0 Å². The molecule has 1 N–H and O–H groups in total. The molecule has 4 nitrogen and oxygen atoms in total. The van der Waals surface area contributed by atoms with Crippen LogP contribution in [0.25, 0.3) is 0 Å². The number of hydrazine groups is 1. The van der Waals surface area contributed by atoms with Crippen molar-refractivity contribution in [1.82, 2.24) is 15.6 Å². The van der Waals surface area contributed by atoms with E-state index in [2.05, 4.69) is 15.6 Å². The van der Waals surface area contributed by atoms with Crippen LogP contribution in [0.15, 0.2) is 18.3 Å². The monoisotopic (exact) mass is 150 g/mol. The van der Waals surface area contributed by atoms with Crippen LogP contribution in [-0.2, 0) is 0 Å². The summed E-state index contributed by atoms with van der Waals surface area (Å²) in [6.07, 6.45) is 2.86. The quantitative estimate of drug-likeness (QED) is 0.620. The summed E-state index contributed by atoms with van der Waals surface area (Å²) >= 11 is 0. The molecule has 4 heteroatoms. The second-order valence-corrected chi connectivity index (χ2v) is 2.50. The zero-order chi connectivity index (χ0) is 7.52. The Morgan fingerprint density at radius 3 is 3.18 bits per heavy atom. The second-order valence-electron chi connectivity index (χ2n) is 2.50. The van der Waals surface area contributed by atoms with Crippen LogP contribution in [-0.4, -0.2) is 23.3 Å². The summed E-state index contributed by atoms with van der Waals surface area (Å²) in [4.78, 5) is 0. The third-order valence-corrected chi connectivity index (χ3v) is 1.70. The van der Waals surface area contributed by atoms with Gasteiger partial charge in [0.05, 0.1) is 0 Å². The van der Waals surface area contributed by atoms with Crippen LogP contribution in [0.3, 0.4) is 0 Å². The minimum atomic E-state index is 0.907. The summed E-state index contributed by atoms with van der Waals surface area (Å²) in [5.41, 5.74) is 3.20. The predicted octanol–water partition coefficient (Wildman–Crippen LogP) is 0.191. The Hall–Kier alpha value is -1.16. The Bertz CT molecular complexity index is 217. The highest BCUT2D eigenvalue weighted by Gasteiger charge is 2.11. The standard InChI is InChI=1S/C7H10N4/c1-3-7(10-8-4-1)11-6-2-5-9-11/h1,3-4,9H,2,5-6H2. The van der Waals surface area contributed by atoms with Gasteiger partial charge in [-0.25, -0.2) is 5.43 Å². The van der Waals surface area contributed by atoms with Gasteiger partial charge in [0.2, 0.25) is 0 Å². The number of rotatable bonds is 1. The van der Waals surface area contributed by atoms with Crippen molar-refractivity contribution in [2.45, 2.75) is 6.42 Å². The lowest BCUT2D eigenvalue weighted by Gasteiger charge is -2.14. The van der Waals surface area contributed by atoms with Gasteiger partial charge in [0, 0.05) is 19.3 Å². The van der Waals surface area contributed by atoms with Gasteiger partial charge in [-0.15, -0.1) is 5.10 Å². The van der Waals surface area contributed by atoms with Gasteiger partial charge in [-0.1, -0.05) is 0 Å². The smallest absolute Gasteiger partial charge is 0.165 e. The first-order chi connectivity index (χ1) is 5.47. The van der Waals surface area contributed by atoms with E-state index in [1.807, 2.05) is 17.1 Å². The predicted molar refractivity (Wildman–Crippen MR) is 42.0 cm³/mol. The zero-order valence-electron chi connectivity index (χ0n) is 6.20. The van der Waals surface area contributed by atoms with Gasteiger partial charge in [-0.3, -0.25) is 5.01 Å². The van der Waals surface area contributed by atoms with Gasteiger partial charge >= 0.3 is 0 Å². The molecule has 1 aliphatic heterocycles. The molecule has 1 saturated heterocycles. The van der Waals surface area contributed by atoms with Gasteiger partial charge in [0.15, 0.2) is 5.82 Å². The molecule has 2 heterocycles. The minimum absolute atomic E-state index is 0.907. The van der Waals surface area contributed by atoms with Crippen LogP contribution < -0.4 is 10.4 Å². The van der Waals surface area contributed by atoms with Gasteiger partial charge in [0.1, 0.15) is 0 Å². The first-order valence-electron chi connectivity index (χ1n) is 3.75. The highest BCUT2D eigenvalue weighted by atomic mass is 15.5. The Morgan fingerprint density at radius 2 is 2.55 bits per heavy atom. The normalized spacial score (nSPS) is 17.3. The summed E-state index contributed by atoms with van der Waals surface area (Å²) in [7, 11) is 0. The molecule has 0 amide bonds. The van der Waals surface area contributed by atoms with E-state index in [0.717, 1.165) is 18.9 Å². The molecule has 1 fully saturated rings. The maximum Gasteiger partial charge on any atom is 0.165 e. The first kappa shape index (κ1) is 6.54. The van der Waals surface area contributed by atoms with Crippen molar-refractivity contribution in [2.75, 3.05) is 18.1 Å². The van der Waals surface area contributed by atoms with Crippen LogP contribution in [0.2, 0.25) is 0 Å². The molecule has 0 radical (unpaired) electrons. The van der Waals surface area contributed by atoms with Crippen molar-refractivity contribution in [1.29, 1.82) is 0 Å². The Kier molecular flexibility index (Phi) is 1.69. The number of nitrogens with one attached hydrogen (secondary N) is 1. The molecule has 1 aromatic heterocycles. The van der Waals surface area contributed by atoms with Crippen LogP contribution >= 0.6 is 0 Å².